The third-order valence-electron chi connectivity index (χ3n) is 3.83. The fourth-order valence-corrected chi connectivity index (χ4v) is 2.73. The van der Waals surface area contributed by atoms with Crippen molar-refractivity contribution in [2.75, 3.05) is 0 Å². The number of aromatic nitrogens is 2. The standard InChI is InChI=1S/C18H14N2O2/c1-20-16(11-15(19-20)17-7-4-10-22-17)14-9-8-12-5-2-3-6-13(12)18(14)21/h2-11,21H,1H3. The maximum Gasteiger partial charge on any atom is 0.154 e. The number of furan rings is 1. The van der Waals surface area contributed by atoms with Crippen molar-refractivity contribution in [3.8, 4) is 28.5 Å². The molecule has 0 aliphatic carbocycles. The second kappa shape index (κ2) is 4.77. The van der Waals surface area contributed by atoms with E-state index < -0.39 is 0 Å². The van der Waals surface area contributed by atoms with Crippen molar-refractivity contribution in [3.63, 3.8) is 0 Å². The van der Waals surface area contributed by atoms with Gasteiger partial charge in [0.25, 0.3) is 0 Å². The molecule has 4 rings (SSSR count). The number of aromatic hydroxyl groups is 1. The van der Waals surface area contributed by atoms with Crippen molar-refractivity contribution >= 4 is 10.8 Å². The van der Waals surface area contributed by atoms with E-state index in [1.165, 1.54) is 0 Å². The highest BCUT2D eigenvalue weighted by Gasteiger charge is 2.15. The van der Waals surface area contributed by atoms with Crippen LogP contribution in [-0.2, 0) is 7.05 Å². The number of rotatable bonds is 2. The van der Waals surface area contributed by atoms with Crippen molar-refractivity contribution in [3.05, 3.63) is 60.9 Å². The molecule has 108 valence electrons. The van der Waals surface area contributed by atoms with Crippen LogP contribution in [-0.4, -0.2) is 14.9 Å². The van der Waals surface area contributed by atoms with Crippen LogP contribution in [0.2, 0.25) is 0 Å². The Balaban J connectivity index is 1.91. The summed E-state index contributed by atoms with van der Waals surface area (Å²) >= 11 is 0. The van der Waals surface area contributed by atoms with Gasteiger partial charge in [-0.3, -0.25) is 4.68 Å². The molecule has 1 N–H and O–H groups in total. The van der Waals surface area contributed by atoms with Gasteiger partial charge in [0.15, 0.2) is 5.76 Å². The van der Waals surface area contributed by atoms with Gasteiger partial charge < -0.3 is 9.52 Å². The second-order valence-electron chi connectivity index (χ2n) is 5.20. The minimum absolute atomic E-state index is 0.270. The van der Waals surface area contributed by atoms with Gasteiger partial charge in [-0.05, 0) is 29.7 Å². The van der Waals surface area contributed by atoms with Crippen LogP contribution in [0.4, 0.5) is 0 Å². The molecule has 22 heavy (non-hydrogen) atoms. The monoisotopic (exact) mass is 290 g/mol. The summed E-state index contributed by atoms with van der Waals surface area (Å²) in [6.45, 7) is 0. The highest BCUT2D eigenvalue weighted by Crippen LogP contribution is 2.36. The summed E-state index contributed by atoms with van der Waals surface area (Å²) in [5, 5.41) is 16.9. The number of fused-ring (bicyclic) bond motifs is 1. The van der Waals surface area contributed by atoms with Gasteiger partial charge in [0.2, 0.25) is 0 Å². The number of hydrogen-bond acceptors (Lipinski definition) is 3. The van der Waals surface area contributed by atoms with E-state index in [1.807, 2.05) is 61.6 Å². The summed E-state index contributed by atoms with van der Waals surface area (Å²) in [7, 11) is 1.86. The van der Waals surface area contributed by atoms with Crippen LogP contribution in [0.5, 0.6) is 5.75 Å². The summed E-state index contributed by atoms with van der Waals surface area (Å²) in [6.07, 6.45) is 1.62. The number of aryl methyl sites for hydroxylation is 1. The Bertz CT molecular complexity index is 953. The average Bonchev–Trinajstić information content (AvgIpc) is 3.18. The summed E-state index contributed by atoms with van der Waals surface area (Å²) in [6, 6.07) is 17.3. The van der Waals surface area contributed by atoms with E-state index in [0.717, 1.165) is 27.7 Å². The molecule has 0 aliphatic rings. The van der Waals surface area contributed by atoms with Gasteiger partial charge in [-0.15, -0.1) is 0 Å². The zero-order valence-corrected chi connectivity index (χ0v) is 12.0. The van der Waals surface area contributed by atoms with Crippen LogP contribution in [0.3, 0.4) is 0 Å². The molecule has 0 unspecified atom stereocenters. The smallest absolute Gasteiger partial charge is 0.154 e. The fraction of sp³-hybridized carbons (Fsp3) is 0.0556. The van der Waals surface area contributed by atoms with Crippen LogP contribution in [0.1, 0.15) is 0 Å². The van der Waals surface area contributed by atoms with Crippen molar-refractivity contribution in [2.24, 2.45) is 7.05 Å². The van der Waals surface area contributed by atoms with E-state index in [1.54, 1.807) is 10.9 Å². The number of hydrogen-bond donors (Lipinski definition) is 1. The van der Waals surface area contributed by atoms with E-state index in [-0.39, 0.29) is 5.75 Å². The van der Waals surface area contributed by atoms with E-state index in [0.29, 0.717) is 5.76 Å². The van der Waals surface area contributed by atoms with Crippen molar-refractivity contribution in [1.82, 2.24) is 9.78 Å². The highest BCUT2D eigenvalue weighted by molar-refractivity contribution is 5.94. The topological polar surface area (TPSA) is 51.2 Å². The van der Waals surface area contributed by atoms with Crippen LogP contribution in [0, 0.1) is 0 Å². The number of phenols is 1. The number of nitrogens with zero attached hydrogens (tertiary/aromatic N) is 2. The molecule has 0 radical (unpaired) electrons. The van der Waals surface area contributed by atoms with Crippen LogP contribution in [0.25, 0.3) is 33.5 Å². The Kier molecular flexibility index (Phi) is 2.76. The van der Waals surface area contributed by atoms with E-state index >= 15 is 0 Å². The lowest BCUT2D eigenvalue weighted by Crippen LogP contribution is -1.94. The molecule has 0 aliphatic heterocycles. The Hall–Kier alpha value is -3.01. The summed E-state index contributed by atoms with van der Waals surface area (Å²) < 4.78 is 7.14. The molecule has 0 fully saturated rings. The maximum atomic E-state index is 10.6. The van der Waals surface area contributed by atoms with Crippen LogP contribution >= 0.6 is 0 Å². The molecular weight excluding hydrogens is 276 g/mol. The van der Waals surface area contributed by atoms with Gasteiger partial charge in [-0.1, -0.05) is 30.3 Å². The van der Waals surface area contributed by atoms with Crippen molar-refractivity contribution in [1.29, 1.82) is 0 Å². The van der Waals surface area contributed by atoms with Gasteiger partial charge in [-0.2, -0.15) is 5.10 Å². The summed E-state index contributed by atoms with van der Waals surface area (Å²) in [5.41, 5.74) is 2.34. The first-order chi connectivity index (χ1) is 10.7. The highest BCUT2D eigenvalue weighted by atomic mass is 16.3. The SMILES string of the molecule is Cn1nc(-c2ccco2)cc1-c1ccc2ccccc2c1O. The van der Waals surface area contributed by atoms with Crippen LogP contribution in [0.15, 0.2) is 65.3 Å². The fourth-order valence-electron chi connectivity index (χ4n) is 2.73. The lowest BCUT2D eigenvalue weighted by atomic mass is 10.0. The van der Waals surface area contributed by atoms with Gasteiger partial charge >= 0.3 is 0 Å². The Morgan fingerprint density at radius 3 is 2.73 bits per heavy atom. The lowest BCUT2D eigenvalue weighted by molar-refractivity contribution is 0.483. The van der Waals surface area contributed by atoms with E-state index in [2.05, 4.69) is 5.10 Å². The number of phenolic OH excluding ortho intramolecular Hbond substituents is 1. The average molecular weight is 290 g/mol. The molecular formula is C18H14N2O2. The quantitative estimate of drug-likeness (QED) is 0.601. The molecule has 0 atom stereocenters. The molecule has 4 aromatic rings. The lowest BCUT2D eigenvalue weighted by Gasteiger charge is -2.08. The Morgan fingerprint density at radius 1 is 1.05 bits per heavy atom. The van der Waals surface area contributed by atoms with Crippen LogP contribution < -0.4 is 0 Å². The molecule has 0 amide bonds. The predicted octanol–water partition coefficient (Wildman–Crippen LogP) is 4.21. The minimum atomic E-state index is 0.270. The minimum Gasteiger partial charge on any atom is -0.507 e. The first-order valence-electron chi connectivity index (χ1n) is 7.03. The van der Waals surface area contributed by atoms with Gasteiger partial charge in [-0.25, -0.2) is 0 Å². The largest absolute Gasteiger partial charge is 0.507 e. The molecule has 4 nitrogen and oxygen atoms in total. The third kappa shape index (κ3) is 1.89. The predicted molar refractivity (Wildman–Crippen MR) is 85.5 cm³/mol. The van der Waals surface area contributed by atoms with Crippen molar-refractivity contribution < 1.29 is 9.52 Å². The molecule has 0 saturated heterocycles. The summed E-state index contributed by atoms with van der Waals surface area (Å²) in [5.74, 6) is 0.981. The molecule has 4 heteroatoms. The van der Waals surface area contributed by atoms with Gasteiger partial charge in [0.05, 0.1) is 12.0 Å². The summed E-state index contributed by atoms with van der Waals surface area (Å²) in [4.78, 5) is 0. The van der Waals surface area contributed by atoms with Gasteiger partial charge in [0.1, 0.15) is 11.4 Å². The maximum absolute atomic E-state index is 10.6. The normalized spacial score (nSPS) is 11.1. The first-order valence-corrected chi connectivity index (χ1v) is 7.03. The Labute approximate surface area is 127 Å². The van der Waals surface area contributed by atoms with Crippen molar-refractivity contribution in [2.45, 2.75) is 0 Å². The third-order valence-corrected chi connectivity index (χ3v) is 3.83. The second-order valence-corrected chi connectivity index (χ2v) is 5.20. The van der Waals surface area contributed by atoms with Gasteiger partial charge in [0, 0.05) is 18.0 Å². The zero-order valence-electron chi connectivity index (χ0n) is 12.0. The Morgan fingerprint density at radius 2 is 1.91 bits per heavy atom. The molecule has 2 heterocycles. The molecule has 2 aromatic carbocycles. The van der Waals surface area contributed by atoms with E-state index in [9.17, 15) is 5.11 Å². The molecule has 0 bridgehead atoms. The molecule has 0 spiro atoms. The van der Waals surface area contributed by atoms with E-state index in [4.69, 9.17) is 4.42 Å². The molecule has 0 saturated carbocycles. The number of benzene rings is 2. The molecule has 2 aromatic heterocycles. The first kappa shape index (κ1) is 12.7. The zero-order chi connectivity index (χ0) is 15.1.